The predicted octanol–water partition coefficient (Wildman–Crippen LogP) is 1.28. The summed E-state index contributed by atoms with van der Waals surface area (Å²) in [7, 11) is 2.83. The van der Waals surface area contributed by atoms with E-state index in [0.29, 0.717) is 11.1 Å². The first-order valence-corrected chi connectivity index (χ1v) is 5.93. The van der Waals surface area contributed by atoms with Gasteiger partial charge in [0.1, 0.15) is 0 Å². The number of nitrogens with one attached hydrogen (secondary N) is 1. The highest BCUT2D eigenvalue weighted by atomic mass is 16.5. The monoisotopic (exact) mass is 265 g/mol. The molecule has 0 bridgehead atoms. The molecule has 1 rings (SSSR count). The number of carbonyl (C=O) groups excluding carboxylic acids is 2. The van der Waals surface area contributed by atoms with Crippen molar-refractivity contribution in [1.82, 2.24) is 5.32 Å². The maximum atomic E-state index is 11.6. The van der Waals surface area contributed by atoms with E-state index in [1.54, 1.807) is 45.2 Å². The largest absolute Gasteiger partial charge is 0.469 e. The molecular formula is C14H19NO4. The van der Waals surface area contributed by atoms with E-state index in [9.17, 15) is 14.7 Å². The molecule has 0 fully saturated rings. The summed E-state index contributed by atoms with van der Waals surface area (Å²) in [6, 6.07) is 6.45. The molecule has 5 heteroatoms. The number of amides is 1. The van der Waals surface area contributed by atoms with Gasteiger partial charge in [-0.1, -0.05) is 12.1 Å². The molecule has 1 aromatic carbocycles. The Morgan fingerprint density at radius 3 is 2.21 bits per heavy atom. The Labute approximate surface area is 112 Å². The molecule has 0 heterocycles. The fourth-order valence-corrected chi connectivity index (χ4v) is 1.75. The normalized spacial score (nSPS) is 12.7. The number of esters is 1. The van der Waals surface area contributed by atoms with Gasteiger partial charge in [0.05, 0.1) is 18.6 Å². The second-order valence-corrected chi connectivity index (χ2v) is 4.82. The first-order chi connectivity index (χ1) is 8.84. The summed E-state index contributed by atoms with van der Waals surface area (Å²) in [6.45, 7) is 3.21. The average Bonchev–Trinajstić information content (AvgIpc) is 2.44. The molecule has 2 N–H and O–H groups in total. The molecular weight excluding hydrogens is 246 g/mol. The van der Waals surface area contributed by atoms with Crippen molar-refractivity contribution in [2.75, 3.05) is 14.2 Å². The van der Waals surface area contributed by atoms with Crippen LogP contribution in [0, 0.1) is 5.41 Å². The second kappa shape index (κ2) is 5.84. The number of aliphatic hydroxyl groups excluding tert-OH is 1. The highest BCUT2D eigenvalue weighted by Gasteiger charge is 2.37. The van der Waals surface area contributed by atoms with Gasteiger partial charge in [-0.05, 0) is 31.5 Å². The molecule has 0 saturated carbocycles. The zero-order chi connectivity index (χ0) is 14.6. The van der Waals surface area contributed by atoms with Gasteiger partial charge in [-0.25, -0.2) is 0 Å². The van der Waals surface area contributed by atoms with Crippen LogP contribution in [0.15, 0.2) is 24.3 Å². The summed E-state index contributed by atoms with van der Waals surface area (Å²) in [5.74, 6) is -0.691. The minimum atomic E-state index is -1.05. The fraction of sp³-hybridized carbons (Fsp3) is 0.429. The van der Waals surface area contributed by atoms with Gasteiger partial charge in [-0.3, -0.25) is 9.59 Å². The van der Waals surface area contributed by atoms with Gasteiger partial charge in [0.25, 0.3) is 5.91 Å². The molecule has 0 spiro atoms. The molecule has 0 aliphatic heterocycles. The molecule has 1 amide bonds. The van der Waals surface area contributed by atoms with Crippen LogP contribution >= 0.6 is 0 Å². The van der Waals surface area contributed by atoms with E-state index >= 15 is 0 Å². The van der Waals surface area contributed by atoms with Crippen LogP contribution in [0.1, 0.15) is 35.9 Å². The number of carbonyl (C=O) groups is 2. The zero-order valence-corrected chi connectivity index (χ0v) is 11.6. The minimum absolute atomic E-state index is 0.201. The maximum absolute atomic E-state index is 11.6. The summed E-state index contributed by atoms with van der Waals surface area (Å²) in [5, 5.41) is 12.7. The van der Waals surface area contributed by atoms with Crippen LogP contribution in [0.25, 0.3) is 0 Å². The Morgan fingerprint density at radius 2 is 1.79 bits per heavy atom. The summed E-state index contributed by atoms with van der Waals surface area (Å²) >= 11 is 0. The number of rotatable bonds is 4. The molecule has 104 valence electrons. The Bertz CT molecular complexity index is 465. The number of aliphatic hydroxyl groups is 1. The quantitative estimate of drug-likeness (QED) is 0.804. The maximum Gasteiger partial charge on any atom is 0.314 e. The predicted molar refractivity (Wildman–Crippen MR) is 70.6 cm³/mol. The summed E-state index contributed by atoms with van der Waals surface area (Å²) in [6.07, 6.45) is -1.00. The first-order valence-electron chi connectivity index (χ1n) is 5.93. The van der Waals surface area contributed by atoms with Crippen LogP contribution in [0.3, 0.4) is 0 Å². The van der Waals surface area contributed by atoms with Crippen LogP contribution in [0.2, 0.25) is 0 Å². The fourth-order valence-electron chi connectivity index (χ4n) is 1.75. The van der Waals surface area contributed by atoms with Gasteiger partial charge < -0.3 is 15.2 Å². The molecule has 0 aliphatic rings. The number of hydrogen-bond donors (Lipinski definition) is 2. The third kappa shape index (κ3) is 3.12. The number of hydrogen-bond acceptors (Lipinski definition) is 4. The van der Waals surface area contributed by atoms with Crippen LogP contribution in [-0.2, 0) is 9.53 Å². The lowest BCUT2D eigenvalue weighted by Gasteiger charge is -2.27. The van der Waals surface area contributed by atoms with Gasteiger partial charge in [0, 0.05) is 12.6 Å². The highest BCUT2D eigenvalue weighted by molar-refractivity contribution is 5.94. The van der Waals surface area contributed by atoms with E-state index in [0.717, 1.165) is 0 Å². The van der Waals surface area contributed by atoms with Gasteiger partial charge in [0.15, 0.2) is 0 Å². The molecule has 0 radical (unpaired) electrons. The average molecular weight is 265 g/mol. The van der Waals surface area contributed by atoms with E-state index in [1.807, 2.05) is 0 Å². The number of benzene rings is 1. The zero-order valence-electron chi connectivity index (χ0n) is 11.6. The van der Waals surface area contributed by atoms with Crippen molar-refractivity contribution in [1.29, 1.82) is 0 Å². The molecule has 0 aliphatic carbocycles. The van der Waals surface area contributed by atoms with E-state index in [1.165, 1.54) is 7.11 Å². The van der Waals surface area contributed by atoms with E-state index in [-0.39, 0.29) is 5.91 Å². The summed E-state index contributed by atoms with van der Waals surface area (Å²) in [5.41, 5.74) is 0.000827. The molecule has 1 aromatic rings. The van der Waals surface area contributed by atoms with Crippen molar-refractivity contribution < 1.29 is 19.4 Å². The van der Waals surface area contributed by atoms with Gasteiger partial charge in [-0.15, -0.1) is 0 Å². The summed E-state index contributed by atoms with van der Waals surface area (Å²) < 4.78 is 4.67. The Morgan fingerprint density at radius 1 is 1.26 bits per heavy atom. The van der Waals surface area contributed by atoms with E-state index in [4.69, 9.17) is 0 Å². The van der Waals surface area contributed by atoms with Crippen molar-refractivity contribution in [2.24, 2.45) is 5.41 Å². The molecule has 5 nitrogen and oxygen atoms in total. The van der Waals surface area contributed by atoms with E-state index in [2.05, 4.69) is 10.1 Å². The van der Waals surface area contributed by atoms with Crippen LogP contribution in [-0.4, -0.2) is 31.1 Å². The van der Waals surface area contributed by atoms with Crippen molar-refractivity contribution in [3.63, 3.8) is 0 Å². The lowest BCUT2D eigenvalue weighted by atomic mass is 9.82. The first kappa shape index (κ1) is 15.2. The number of methoxy groups -OCH3 is 1. The second-order valence-electron chi connectivity index (χ2n) is 4.82. The topological polar surface area (TPSA) is 75.6 Å². The van der Waals surface area contributed by atoms with Crippen molar-refractivity contribution in [2.45, 2.75) is 20.0 Å². The van der Waals surface area contributed by atoms with Crippen LogP contribution in [0.4, 0.5) is 0 Å². The number of ether oxygens (including phenoxy) is 1. The van der Waals surface area contributed by atoms with Gasteiger partial charge >= 0.3 is 5.97 Å². The Kier molecular flexibility index (Phi) is 4.67. The van der Waals surface area contributed by atoms with Crippen LogP contribution in [0.5, 0.6) is 0 Å². The molecule has 0 aromatic heterocycles. The Balaban J connectivity index is 2.98. The highest BCUT2D eigenvalue weighted by Crippen LogP contribution is 2.34. The summed E-state index contributed by atoms with van der Waals surface area (Å²) in [4.78, 5) is 23.0. The molecule has 19 heavy (non-hydrogen) atoms. The smallest absolute Gasteiger partial charge is 0.314 e. The van der Waals surface area contributed by atoms with Crippen molar-refractivity contribution in [3.8, 4) is 0 Å². The van der Waals surface area contributed by atoms with Gasteiger partial charge in [0.2, 0.25) is 0 Å². The minimum Gasteiger partial charge on any atom is -0.469 e. The van der Waals surface area contributed by atoms with E-state index < -0.39 is 17.5 Å². The lowest BCUT2D eigenvalue weighted by Crippen LogP contribution is -2.32. The third-order valence-corrected chi connectivity index (χ3v) is 3.11. The molecule has 0 saturated heterocycles. The van der Waals surface area contributed by atoms with Crippen molar-refractivity contribution in [3.05, 3.63) is 35.4 Å². The van der Waals surface area contributed by atoms with Gasteiger partial charge in [-0.2, -0.15) is 0 Å². The SMILES string of the molecule is CNC(=O)c1ccc(C(O)C(C)(C)C(=O)OC)cc1. The third-order valence-electron chi connectivity index (χ3n) is 3.11. The van der Waals surface area contributed by atoms with Crippen LogP contribution < -0.4 is 5.32 Å². The lowest BCUT2D eigenvalue weighted by molar-refractivity contribution is -0.157. The molecule has 1 unspecified atom stereocenters. The molecule has 1 atom stereocenters. The standard InChI is InChI=1S/C14H19NO4/c1-14(2,13(18)19-4)11(16)9-5-7-10(8-6-9)12(17)15-3/h5-8,11,16H,1-4H3,(H,15,17). The van der Waals surface area contributed by atoms with Crippen molar-refractivity contribution >= 4 is 11.9 Å². The Hall–Kier alpha value is -1.88.